The molecule has 36 heteroatoms. The minimum Gasteiger partial charge on any atom is -0.445 e. The lowest BCUT2D eigenvalue weighted by Gasteiger charge is -2.41. The maximum atomic E-state index is 15.0. The molecule has 7 N–H and O–H groups in total. The van der Waals surface area contributed by atoms with Crippen LogP contribution in [0.15, 0.2) is 54.6 Å². The van der Waals surface area contributed by atoms with Crippen LogP contribution < -0.4 is 27.0 Å². The number of likely N-dealkylation sites (N-methyl/N-ethyl adjacent to an activating group) is 2. The summed E-state index contributed by atoms with van der Waals surface area (Å²) in [6.45, 7) is 30.7. The number of amides is 9. The van der Waals surface area contributed by atoms with E-state index in [-0.39, 0.29) is 145 Å². The summed E-state index contributed by atoms with van der Waals surface area (Å²) in [4.78, 5) is 146. The van der Waals surface area contributed by atoms with Gasteiger partial charge in [0.15, 0.2) is 5.78 Å². The molecule has 0 spiro atoms. The Labute approximate surface area is 771 Å². The van der Waals surface area contributed by atoms with E-state index in [1.165, 1.54) is 19.1 Å². The van der Waals surface area contributed by atoms with Crippen molar-refractivity contribution in [3.05, 3.63) is 65.7 Å². The average molecular weight is 1850 g/mol. The van der Waals surface area contributed by atoms with Gasteiger partial charge < -0.3 is 127 Å². The fourth-order valence-corrected chi connectivity index (χ4v) is 15.5. The molecule has 0 unspecified atom stereocenters. The average Bonchev–Trinajstić information content (AvgIpc) is 1.37. The zero-order valence-corrected chi connectivity index (χ0v) is 80.4. The molecule has 36 nitrogen and oxygen atoms in total. The summed E-state index contributed by atoms with van der Waals surface area (Å²) in [6, 6.07) is 10.6. The molecular formula is C94H159N9O27. The number of aliphatic hydroxyl groups excluding tert-OH is 1. The van der Waals surface area contributed by atoms with Crippen molar-refractivity contribution in [3.8, 4) is 0 Å². The summed E-state index contributed by atoms with van der Waals surface area (Å²) in [5.41, 5.74) is 6.92. The number of benzene rings is 2. The second-order valence-electron chi connectivity index (χ2n) is 34.2. The van der Waals surface area contributed by atoms with Crippen molar-refractivity contribution in [1.82, 2.24) is 35.6 Å². The van der Waals surface area contributed by atoms with Gasteiger partial charge in [0.05, 0.1) is 215 Å². The van der Waals surface area contributed by atoms with E-state index >= 15 is 4.79 Å². The summed E-state index contributed by atoms with van der Waals surface area (Å²) < 4.78 is 91.2. The predicted molar refractivity (Wildman–Crippen MR) is 487 cm³/mol. The van der Waals surface area contributed by atoms with Crippen LogP contribution in [0.3, 0.4) is 0 Å². The van der Waals surface area contributed by atoms with E-state index in [0.717, 1.165) is 5.56 Å². The highest BCUT2D eigenvalue weighted by atomic mass is 16.6. The van der Waals surface area contributed by atoms with Crippen LogP contribution in [0.25, 0.3) is 0 Å². The van der Waals surface area contributed by atoms with Gasteiger partial charge in [0.2, 0.25) is 35.4 Å². The van der Waals surface area contributed by atoms with Crippen LogP contribution in [-0.2, 0) is 121 Å². The number of urea groups is 1. The maximum absolute atomic E-state index is 15.0. The fraction of sp³-hybridized carbons (Fsp3) is 0.766. The van der Waals surface area contributed by atoms with Gasteiger partial charge in [-0.15, -0.1) is 0 Å². The highest BCUT2D eigenvalue weighted by Crippen LogP contribution is 2.34. The predicted octanol–water partition coefficient (Wildman–Crippen LogP) is 7.25. The number of aliphatic hydroxyl groups is 1. The topological polar surface area (TPSA) is 426 Å². The zero-order chi connectivity index (χ0) is 95.6. The third kappa shape index (κ3) is 45.0. The van der Waals surface area contributed by atoms with E-state index in [2.05, 4.69) is 21.3 Å². The zero-order valence-electron chi connectivity index (χ0n) is 80.4. The lowest BCUT2D eigenvalue weighted by atomic mass is 9.83. The van der Waals surface area contributed by atoms with Crippen LogP contribution in [0.4, 0.5) is 15.3 Å². The number of likely N-dealkylation sites (tertiary alicyclic amines) is 1. The van der Waals surface area contributed by atoms with Crippen molar-refractivity contribution >= 4 is 64.8 Å². The Morgan fingerprint density at radius 3 is 1.44 bits per heavy atom. The molecule has 13 atom stereocenters. The van der Waals surface area contributed by atoms with Crippen LogP contribution in [0.1, 0.15) is 158 Å². The third-order valence-corrected chi connectivity index (χ3v) is 23.2. The van der Waals surface area contributed by atoms with Crippen molar-refractivity contribution in [1.29, 1.82) is 0 Å². The molecule has 2 aromatic carbocycles. The highest BCUT2D eigenvalue weighted by molar-refractivity contribution is 5.98. The number of nitrogens with one attached hydrogen (secondary N) is 4. The second kappa shape index (κ2) is 67.6. The summed E-state index contributed by atoms with van der Waals surface area (Å²) in [5, 5.41) is 22.0. The van der Waals surface area contributed by atoms with Gasteiger partial charge in [-0.1, -0.05) is 125 Å². The molecule has 2 aliphatic heterocycles. The minimum atomic E-state index is -1.17. The number of ether oxygens (including phenoxy) is 16. The Morgan fingerprint density at radius 1 is 0.531 bits per heavy atom. The van der Waals surface area contributed by atoms with Crippen molar-refractivity contribution in [2.75, 3.05) is 232 Å². The molecule has 2 aromatic rings. The van der Waals surface area contributed by atoms with E-state index in [0.29, 0.717) is 182 Å². The number of ketones is 2. The molecule has 130 heavy (non-hydrogen) atoms. The third-order valence-electron chi connectivity index (χ3n) is 23.2. The van der Waals surface area contributed by atoms with Crippen LogP contribution >= 0.6 is 0 Å². The van der Waals surface area contributed by atoms with E-state index in [4.69, 9.17) is 81.5 Å². The Kier molecular flexibility index (Phi) is 59.7. The highest BCUT2D eigenvalue weighted by Gasteiger charge is 2.44. The van der Waals surface area contributed by atoms with E-state index in [1.807, 2.05) is 71.9 Å². The second-order valence-corrected chi connectivity index (χ2v) is 34.2. The van der Waals surface area contributed by atoms with Crippen molar-refractivity contribution in [3.63, 3.8) is 0 Å². The molecule has 4 rings (SSSR count). The molecule has 2 fully saturated rings. The van der Waals surface area contributed by atoms with Gasteiger partial charge in [0.25, 0.3) is 0 Å². The van der Waals surface area contributed by atoms with Crippen molar-refractivity contribution in [2.45, 2.75) is 195 Å². The van der Waals surface area contributed by atoms with E-state index < -0.39 is 108 Å². The summed E-state index contributed by atoms with van der Waals surface area (Å²) in [6.07, 6.45) is -0.921. The van der Waals surface area contributed by atoms with Gasteiger partial charge in [-0.25, -0.2) is 9.59 Å². The Hall–Kier alpha value is -7.50. The lowest BCUT2D eigenvalue weighted by molar-refractivity contribution is -0.149. The molecule has 0 aliphatic carbocycles. The molecule has 0 bridgehead atoms. The summed E-state index contributed by atoms with van der Waals surface area (Å²) in [5.74, 6) is -6.70. The van der Waals surface area contributed by atoms with Crippen molar-refractivity contribution < 1.29 is 129 Å². The number of rotatable bonds is 38. The number of primary amides is 1. The molecule has 0 radical (unpaired) electrons. The fourth-order valence-electron chi connectivity index (χ4n) is 15.5. The molecule has 2 aliphatic rings. The Balaban J connectivity index is 1.33. The van der Waals surface area contributed by atoms with Crippen LogP contribution in [0.2, 0.25) is 0 Å². The summed E-state index contributed by atoms with van der Waals surface area (Å²) in [7, 11) is 6.22. The first-order valence-electron chi connectivity index (χ1n) is 46.6. The van der Waals surface area contributed by atoms with Gasteiger partial charge in [-0.2, -0.15) is 0 Å². The summed E-state index contributed by atoms with van der Waals surface area (Å²) >= 11 is 0. The smallest absolute Gasteiger partial charge is 0.410 e. The monoisotopic (exact) mass is 1850 g/mol. The Morgan fingerprint density at radius 2 is 1.01 bits per heavy atom. The number of hydrogen-bond donors (Lipinski definition) is 6. The Bertz CT molecular complexity index is 3440. The SMILES string of the molecule is CC[C@H](C)[C@@H]([C@@H](CC(=O)N1CCC[C@H]1[C@H](OC)[C@@H](C)C(=O)C[C@H](C)[C@@H](O)c1ccccc1)OC)N(C)C(=O)[C@@H](CC(=O)[C@H](C(C)C)N(C)C(=O)OCc1ccc(NC(=O)[C@H](CCCNC(N)=O)NC(=O)[C@@H](NC(=O)CC[C@H](C)C(=O)N2CCOCCOCCOCCOCCOCCOCCOCCOCCOCCOCCOCCOCCOCC2)C(C)C)cc1)C(C)C. The lowest BCUT2D eigenvalue weighted by Crippen LogP contribution is -2.54. The number of Topliss-reactive ketones (excluding diaryl/α,β-unsaturated/α-hetero) is 2. The minimum absolute atomic E-state index is 0.0444. The first kappa shape index (κ1) is 115. The normalized spacial score (nSPS) is 19.7. The standard InChI is InChI=1S/C94H159N9O27/c1-16-69(8)86(81(115-14)64-83(107)103-33-21-25-78(103)88(116-15)72(11)79(104)62-71(10)87(108)74-22-18-17-19-23-74)100(12)92(112)76(66(2)3)63-80(105)85(68(6)7)101(13)94(114)130-65-73-27-29-75(30-28-73)97-89(109)77(24-20-32-96-93(95)113)98-90(110)84(67(4)5)99-82(106)31-26-70(9)91(111)102-34-36-117-38-40-119-42-44-121-46-48-123-50-52-125-54-56-127-58-60-129-61-59-128-57-55-126-53-51-124-49-47-122-45-43-120-41-39-118-37-35-102/h17-19,22-23,27-30,66-72,76-78,81,84-88,108H,16,20-21,24-26,31-65H2,1-15H3,(H,97,109)(H,98,110)(H,99,106)(H3,95,96,113)/t69-,70-,71-,72-,76-,77-,78-,81+,84-,85-,86-,87+,88+/m0/s1. The van der Waals surface area contributed by atoms with Crippen LogP contribution in [0.5, 0.6) is 0 Å². The quantitative estimate of drug-likeness (QED) is 0.0360. The van der Waals surface area contributed by atoms with Gasteiger partial charge in [-0.05, 0) is 85.0 Å². The number of anilines is 1. The maximum Gasteiger partial charge on any atom is 0.410 e. The number of nitrogens with two attached hydrogens (primary N) is 1. The number of nitrogens with zero attached hydrogens (tertiary/aromatic N) is 4. The molecule has 9 amide bonds. The van der Waals surface area contributed by atoms with Crippen LogP contribution in [0, 0.1) is 47.3 Å². The largest absolute Gasteiger partial charge is 0.445 e. The first-order chi connectivity index (χ1) is 62.5. The molecule has 2 saturated heterocycles. The van der Waals surface area contributed by atoms with Gasteiger partial charge in [0, 0.05) is 97.2 Å². The molecule has 0 aromatic heterocycles. The number of hydrogen-bond acceptors (Lipinski definition) is 27. The molecule has 2 heterocycles. The van der Waals surface area contributed by atoms with E-state index in [1.54, 1.807) is 87.7 Å². The molecular weight excluding hydrogens is 1690 g/mol. The first-order valence-corrected chi connectivity index (χ1v) is 46.6. The van der Waals surface area contributed by atoms with Gasteiger partial charge in [0.1, 0.15) is 24.5 Å². The molecule has 742 valence electrons. The number of methoxy groups -OCH3 is 2. The van der Waals surface area contributed by atoms with Crippen LogP contribution in [-0.4, -0.2) is 353 Å². The van der Waals surface area contributed by atoms with Gasteiger partial charge in [-0.3, -0.25) is 38.4 Å². The van der Waals surface area contributed by atoms with Gasteiger partial charge >= 0.3 is 12.1 Å². The van der Waals surface area contributed by atoms with Crippen molar-refractivity contribution in [2.24, 2.45) is 53.1 Å². The number of carbonyl (C=O) groups is 10. The van der Waals surface area contributed by atoms with E-state index in [9.17, 15) is 48.3 Å². The number of carbonyl (C=O) groups excluding carboxylic acids is 10. The molecule has 0 saturated carbocycles.